The SMILES string of the molecule is NS(=O)(=O)c1ccc2c(c1)CCN2S(=O)(=O)c1ccc(F)c(Cl)c1. The van der Waals surface area contributed by atoms with Gasteiger partial charge in [-0.1, -0.05) is 11.6 Å². The van der Waals surface area contributed by atoms with Gasteiger partial charge in [-0.2, -0.15) is 0 Å². The Kier molecular flexibility index (Phi) is 4.07. The van der Waals surface area contributed by atoms with E-state index in [1.165, 1.54) is 18.2 Å². The summed E-state index contributed by atoms with van der Waals surface area (Å²) in [5.74, 6) is -0.713. The second-order valence-electron chi connectivity index (χ2n) is 5.24. The number of sulfonamides is 2. The molecule has 1 aliphatic rings. The van der Waals surface area contributed by atoms with Crippen LogP contribution in [0.4, 0.5) is 10.1 Å². The summed E-state index contributed by atoms with van der Waals surface area (Å²) in [4.78, 5) is -0.220. The maximum Gasteiger partial charge on any atom is 0.264 e. The molecule has 1 aliphatic heterocycles. The molecule has 128 valence electrons. The third-order valence-electron chi connectivity index (χ3n) is 3.71. The van der Waals surface area contributed by atoms with E-state index in [0.29, 0.717) is 17.7 Å². The van der Waals surface area contributed by atoms with Crippen molar-refractivity contribution in [1.29, 1.82) is 0 Å². The van der Waals surface area contributed by atoms with E-state index in [1.807, 2.05) is 0 Å². The van der Waals surface area contributed by atoms with Gasteiger partial charge in [-0.3, -0.25) is 4.31 Å². The lowest BCUT2D eigenvalue weighted by molar-refractivity contribution is 0.590. The van der Waals surface area contributed by atoms with Gasteiger partial charge in [0.2, 0.25) is 10.0 Å². The number of primary sulfonamides is 1. The van der Waals surface area contributed by atoms with E-state index < -0.39 is 25.9 Å². The van der Waals surface area contributed by atoms with Crippen molar-refractivity contribution in [3.8, 4) is 0 Å². The highest BCUT2D eigenvalue weighted by Gasteiger charge is 2.32. The Morgan fingerprint density at radius 3 is 2.33 bits per heavy atom. The molecule has 6 nitrogen and oxygen atoms in total. The number of nitrogens with two attached hydrogens (primary N) is 1. The molecule has 3 rings (SSSR count). The number of rotatable bonds is 3. The number of nitrogens with zero attached hydrogens (tertiary/aromatic N) is 1. The molecule has 0 bridgehead atoms. The van der Waals surface area contributed by atoms with E-state index in [-0.39, 0.29) is 21.4 Å². The molecule has 1 heterocycles. The number of fused-ring (bicyclic) bond motifs is 1. The van der Waals surface area contributed by atoms with Crippen LogP contribution in [0.25, 0.3) is 0 Å². The summed E-state index contributed by atoms with van der Waals surface area (Å²) in [5, 5.41) is 4.79. The average molecular weight is 391 g/mol. The van der Waals surface area contributed by atoms with Crippen LogP contribution in [0.15, 0.2) is 46.2 Å². The molecule has 2 aromatic carbocycles. The number of benzene rings is 2. The molecule has 0 amide bonds. The minimum absolute atomic E-state index is 0.0784. The Labute approximate surface area is 143 Å². The first kappa shape index (κ1) is 17.2. The summed E-state index contributed by atoms with van der Waals surface area (Å²) < 4.78 is 62.7. The van der Waals surface area contributed by atoms with Gasteiger partial charge in [-0.05, 0) is 48.4 Å². The van der Waals surface area contributed by atoms with Crippen LogP contribution in [0.5, 0.6) is 0 Å². The summed E-state index contributed by atoms with van der Waals surface area (Å²) in [6.07, 6.45) is 0.340. The molecule has 0 aliphatic carbocycles. The molecule has 0 aromatic heterocycles. The zero-order valence-corrected chi connectivity index (χ0v) is 14.5. The molecule has 2 aromatic rings. The van der Waals surface area contributed by atoms with Crippen LogP contribution in [0, 0.1) is 5.82 Å². The van der Waals surface area contributed by atoms with Gasteiger partial charge in [0.05, 0.1) is 20.5 Å². The molecule has 0 fully saturated rings. The van der Waals surface area contributed by atoms with Gasteiger partial charge >= 0.3 is 0 Å². The van der Waals surface area contributed by atoms with Crippen molar-refractivity contribution < 1.29 is 21.2 Å². The number of anilines is 1. The normalized spacial score (nSPS) is 14.7. The highest BCUT2D eigenvalue weighted by molar-refractivity contribution is 7.92. The summed E-state index contributed by atoms with van der Waals surface area (Å²) >= 11 is 5.66. The lowest BCUT2D eigenvalue weighted by Gasteiger charge is -2.20. The maximum absolute atomic E-state index is 13.3. The van der Waals surface area contributed by atoms with Gasteiger partial charge in [0.25, 0.3) is 10.0 Å². The summed E-state index contributed by atoms with van der Waals surface area (Å²) in [6.45, 7) is 0.140. The quantitative estimate of drug-likeness (QED) is 0.865. The van der Waals surface area contributed by atoms with Gasteiger partial charge in [0.1, 0.15) is 5.82 Å². The minimum atomic E-state index is -3.94. The summed E-state index contributed by atoms with van der Waals surface area (Å²) in [7, 11) is -7.81. The Balaban J connectivity index is 2.06. The van der Waals surface area contributed by atoms with E-state index in [1.54, 1.807) is 0 Å². The fraction of sp³-hybridized carbons (Fsp3) is 0.143. The van der Waals surface area contributed by atoms with Gasteiger partial charge in [0, 0.05) is 6.54 Å². The van der Waals surface area contributed by atoms with Gasteiger partial charge in [-0.15, -0.1) is 0 Å². The van der Waals surface area contributed by atoms with Crippen molar-refractivity contribution in [3.05, 3.63) is 52.8 Å². The number of hydrogen-bond donors (Lipinski definition) is 1. The molecule has 0 spiro atoms. The number of halogens is 2. The van der Waals surface area contributed by atoms with Crippen molar-refractivity contribution in [2.75, 3.05) is 10.8 Å². The van der Waals surface area contributed by atoms with Gasteiger partial charge < -0.3 is 0 Å². The number of hydrogen-bond acceptors (Lipinski definition) is 4. The van der Waals surface area contributed by atoms with Crippen molar-refractivity contribution in [1.82, 2.24) is 0 Å². The van der Waals surface area contributed by atoms with E-state index in [0.717, 1.165) is 22.5 Å². The highest BCUT2D eigenvalue weighted by atomic mass is 35.5. The molecule has 24 heavy (non-hydrogen) atoms. The van der Waals surface area contributed by atoms with Crippen LogP contribution in [0.3, 0.4) is 0 Å². The fourth-order valence-corrected chi connectivity index (χ4v) is 4.88. The molecule has 0 radical (unpaired) electrons. The highest BCUT2D eigenvalue weighted by Crippen LogP contribution is 2.34. The molecule has 0 atom stereocenters. The van der Waals surface area contributed by atoms with E-state index in [2.05, 4.69) is 0 Å². The zero-order valence-electron chi connectivity index (χ0n) is 12.1. The topological polar surface area (TPSA) is 97.5 Å². The molecular weight excluding hydrogens is 379 g/mol. The lowest BCUT2D eigenvalue weighted by atomic mass is 10.2. The molecule has 0 unspecified atom stereocenters. The molecule has 2 N–H and O–H groups in total. The van der Waals surface area contributed by atoms with Crippen LogP contribution in [-0.4, -0.2) is 23.4 Å². The van der Waals surface area contributed by atoms with Crippen molar-refractivity contribution in [3.63, 3.8) is 0 Å². The summed E-state index contributed by atoms with van der Waals surface area (Å²) in [6, 6.07) is 7.16. The third-order valence-corrected chi connectivity index (χ3v) is 6.72. The fourth-order valence-electron chi connectivity index (χ4n) is 2.54. The first-order valence-electron chi connectivity index (χ1n) is 6.74. The maximum atomic E-state index is 13.3. The van der Waals surface area contributed by atoms with Crippen LogP contribution < -0.4 is 9.44 Å². The lowest BCUT2D eigenvalue weighted by Crippen LogP contribution is -2.29. The largest absolute Gasteiger partial charge is 0.266 e. The van der Waals surface area contributed by atoms with Crippen LogP contribution >= 0.6 is 11.6 Å². The monoisotopic (exact) mass is 390 g/mol. The Morgan fingerprint density at radius 1 is 1.04 bits per heavy atom. The van der Waals surface area contributed by atoms with E-state index in [9.17, 15) is 21.2 Å². The van der Waals surface area contributed by atoms with Crippen molar-refractivity contribution in [2.24, 2.45) is 5.14 Å². The molecule has 0 saturated carbocycles. The Bertz CT molecular complexity index is 1040. The first-order valence-corrected chi connectivity index (χ1v) is 10.1. The van der Waals surface area contributed by atoms with Gasteiger partial charge in [-0.25, -0.2) is 26.4 Å². The minimum Gasteiger partial charge on any atom is -0.266 e. The predicted molar refractivity (Wildman–Crippen MR) is 87.5 cm³/mol. The second-order valence-corrected chi connectivity index (χ2v) is 9.07. The zero-order chi connectivity index (χ0) is 17.7. The average Bonchev–Trinajstić information content (AvgIpc) is 2.92. The standard InChI is InChI=1S/C14H12ClFN2O4S2/c15-12-8-11(1-3-13(12)16)24(21,22)18-6-5-9-7-10(23(17,19)20)2-4-14(9)18/h1-4,7-8H,5-6H2,(H2,17,19,20). The molecule has 10 heteroatoms. The summed E-state index contributed by atoms with van der Waals surface area (Å²) in [5.41, 5.74) is 0.918. The predicted octanol–water partition coefficient (Wildman–Crippen LogP) is 1.88. The van der Waals surface area contributed by atoms with Crippen LogP contribution in [0.2, 0.25) is 5.02 Å². The van der Waals surface area contributed by atoms with E-state index >= 15 is 0 Å². The van der Waals surface area contributed by atoms with E-state index in [4.69, 9.17) is 16.7 Å². The third kappa shape index (κ3) is 2.88. The first-order chi connectivity index (χ1) is 11.1. The van der Waals surface area contributed by atoms with Gasteiger partial charge in [0.15, 0.2) is 0 Å². The van der Waals surface area contributed by atoms with Crippen molar-refractivity contribution in [2.45, 2.75) is 16.2 Å². The Morgan fingerprint density at radius 2 is 1.71 bits per heavy atom. The van der Waals surface area contributed by atoms with Crippen LogP contribution in [0.1, 0.15) is 5.56 Å². The van der Waals surface area contributed by atoms with Crippen LogP contribution in [-0.2, 0) is 26.5 Å². The Hall–Kier alpha value is -1.68. The molecule has 0 saturated heterocycles. The van der Waals surface area contributed by atoms with Crippen molar-refractivity contribution >= 4 is 37.3 Å². The molecular formula is C14H12ClFN2O4S2. The smallest absolute Gasteiger partial charge is 0.264 e. The second kappa shape index (κ2) is 5.69.